The standard InChI is InChI=1S/C31H25N7O.2C2H6/c32-15-27-33-13-11-28(36-27)38-19-31(20-38)17-37(18-31)16-21-6-8-23(9-7-21)29-24(22-4-2-1-3-5-22)14-25-26(35-29)10-12-34-30(25)39;2*1-2/h1-14H,16-20H2,(H,34,39);2*1-2H3. The van der Waals surface area contributed by atoms with Crippen LogP contribution in [0.1, 0.15) is 39.1 Å². The van der Waals surface area contributed by atoms with Crippen molar-refractivity contribution in [1.82, 2.24) is 24.8 Å². The summed E-state index contributed by atoms with van der Waals surface area (Å²) in [5, 5.41) is 9.64. The zero-order valence-corrected chi connectivity index (χ0v) is 25.2. The van der Waals surface area contributed by atoms with Crippen LogP contribution in [-0.4, -0.2) is 51.0 Å². The molecule has 0 aliphatic carbocycles. The van der Waals surface area contributed by atoms with Gasteiger partial charge in [0.1, 0.15) is 11.9 Å². The fourth-order valence-electron chi connectivity index (χ4n) is 5.91. The predicted octanol–water partition coefficient (Wildman–Crippen LogP) is 6.29. The van der Waals surface area contributed by atoms with E-state index >= 15 is 0 Å². The molecule has 3 aromatic heterocycles. The summed E-state index contributed by atoms with van der Waals surface area (Å²) in [5.74, 6) is 1.05. The molecule has 43 heavy (non-hydrogen) atoms. The first-order valence-electron chi connectivity index (χ1n) is 15.0. The summed E-state index contributed by atoms with van der Waals surface area (Å²) in [6.45, 7) is 12.9. The maximum Gasteiger partial charge on any atom is 0.257 e. The van der Waals surface area contributed by atoms with Crippen LogP contribution < -0.4 is 10.5 Å². The zero-order valence-electron chi connectivity index (χ0n) is 25.2. The molecule has 2 fully saturated rings. The van der Waals surface area contributed by atoms with E-state index < -0.39 is 0 Å². The van der Waals surface area contributed by atoms with Crippen molar-refractivity contribution >= 4 is 16.7 Å². The fraction of sp³-hybridized carbons (Fsp3) is 0.286. The molecule has 2 saturated heterocycles. The molecule has 1 spiro atoms. The first-order valence-corrected chi connectivity index (χ1v) is 15.0. The van der Waals surface area contributed by atoms with Gasteiger partial charge in [0.15, 0.2) is 0 Å². The number of hydrogen-bond acceptors (Lipinski definition) is 7. The number of pyridine rings is 2. The van der Waals surface area contributed by atoms with Gasteiger partial charge in [0.25, 0.3) is 5.56 Å². The minimum atomic E-state index is -0.134. The maximum atomic E-state index is 12.5. The first-order chi connectivity index (χ1) is 21.1. The predicted molar refractivity (Wildman–Crippen MR) is 173 cm³/mol. The molecular weight excluding hydrogens is 534 g/mol. The first kappa shape index (κ1) is 29.6. The summed E-state index contributed by atoms with van der Waals surface area (Å²) in [5.41, 5.74) is 5.99. The van der Waals surface area contributed by atoms with E-state index in [0.29, 0.717) is 16.3 Å². The molecule has 8 nitrogen and oxygen atoms in total. The highest BCUT2D eigenvalue weighted by Gasteiger charge is 2.51. The van der Waals surface area contributed by atoms with Crippen molar-refractivity contribution in [1.29, 1.82) is 5.26 Å². The molecule has 2 aromatic carbocycles. The molecule has 1 N–H and O–H groups in total. The number of hydrogen-bond donors (Lipinski definition) is 1. The number of likely N-dealkylation sites (tertiary alicyclic amines) is 1. The SMILES string of the molecule is CC.CC.N#Cc1nccc(N2CC3(CN(Cc4ccc(-c5nc6cc[nH]c(=O)c6cc5-c5ccccc5)cc4)C3)C2)n1. The second-order valence-electron chi connectivity index (χ2n) is 10.5. The van der Waals surface area contributed by atoms with Gasteiger partial charge in [0, 0.05) is 61.7 Å². The molecule has 5 aromatic rings. The number of rotatable bonds is 5. The van der Waals surface area contributed by atoms with Crippen LogP contribution in [0.4, 0.5) is 5.82 Å². The Morgan fingerprint density at radius 3 is 2.30 bits per heavy atom. The molecule has 2 aliphatic heterocycles. The molecule has 8 heteroatoms. The van der Waals surface area contributed by atoms with Crippen molar-refractivity contribution in [2.45, 2.75) is 34.2 Å². The Hall–Kier alpha value is -4.87. The number of fused-ring (bicyclic) bond motifs is 1. The van der Waals surface area contributed by atoms with E-state index in [4.69, 9.17) is 10.2 Å². The van der Waals surface area contributed by atoms with Crippen molar-refractivity contribution in [3.8, 4) is 28.5 Å². The lowest BCUT2D eigenvalue weighted by Gasteiger charge is -2.60. The van der Waals surface area contributed by atoms with Crippen LogP contribution in [0, 0.1) is 16.7 Å². The van der Waals surface area contributed by atoms with Crippen molar-refractivity contribution < 1.29 is 0 Å². The van der Waals surface area contributed by atoms with Crippen molar-refractivity contribution in [2.24, 2.45) is 5.41 Å². The Morgan fingerprint density at radius 2 is 1.60 bits per heavy atom. The molecule has 0 radical (unpaired) electrons. The Morgan fingerprint density at radius 1 is 0.884 bits per heavy atom. The number of anilines is 1. The van der Waals surface area contributed by atoms with Gasteiger partial charge in [-0.05, 0) is 29.3 Å². The van der Waals surface area contributed by atoms with Crippen molar-refractivity contribution in [2.75, 3.05) is 31.1 Å². The summed E-state index contributed by atoms with van der Waals surface area (Å²) < 4.78 is 0. The summed E-state index contributed by atoms with van der Waals surface area (Å²) in [6, 6.07) is 26.4. The molecule has 0 unspecified atom stereocenters. The van der Waals surface area contributed by atoms with E-state index in [-0.39, 0.29) is 11.4 Å². The number of nitrogens with zero attached hydrogens (tertiary/aromatic N) is 6. The fourth-order valence-corrected chi connectivity index (χ4v) is 5.91. The minimum absolute atomic E-state index is 0.134. The average molecular weight is 572 g/mol. The monoisotopic (exact) mass is 571 g/mol. The van der Waals surface area contributed by atoms with Crippen LogP contribution in [-0.2, 0) is 6.54 Å². The van der Waals surface area contributed by atoms with Crippen LogP contribution in [0.5, 0.6) is 0 Å². The van der Waals surface area contributed by atoms with Crippen LogP contribution in [0.3, 0.4) is 0 Å². The lowest BCUT2D eigenvalue weighted by atomic mass is 9.72. The van der Waals surface area contributed by atoms with Gasteiger partial charge in [-0.2, -0.15) is 5.26 Å². The van der Waals surface area contributed by atoms with Crippen LogP contribution in [0.15, 0.2) is 90.0 Å². The van der Waals surface area contributed by atoms with Crippen LogP contribution in [0.2, 0.25) is 0 Å². The highest BCUT2D eigenvalue weighted by Crippen LogP contribution is 2.42. The van der Waals surface area contributed by atoms with E-state index in [1.807, 2.05) is 82.3 Å². The molecule has 218 valence electrons. The second-order valence-corrected chi connectivity index (χ2v) is 10.5. The van der Waals surface area contributed by atoms with E-state index in [2.05, 4.69) is 49.0 Å². The number of aromatic nitrogens is 4. The van der Waals surface area contributed by atoms with E-state index in [9.17, 15) is 4.79 Å². The highest BCUT2D eigenvalue weighted by molar-refractivity contribution is 5.91. The summed E-state index contributed by atoms with van der Waals surface area (Å²) in [4.78, 5) is 33.1. The molecule has 2 aliphatic rings. The molecule has 0 saturated carbocycles. The van der Waals surface area contributed by atoms with Gasteiger partial charge in [-0.1, -0.05) is 82.3 Å². The lowest BCUT2D eigenvalue weighted by Crippen LogP contribution is -2.72. The summed E-state index contributed by atoms with van der Waals surface area (Å²) in [7, 11) is 0. The Kier molecular flexibility index (Phi) is 8.93. The third kappa shape index (κ3) is 6.04. The van der Waals surface area contributed by atoms with Crippen LogP contribution in [0.25, 0.3) is 33.3 Å². The molecular formula is C35H37N7O. The molecule has 0 atom stereocenters. The minimum Gasteiger partial charge on any atom is -0.355 e. The quantitative estimate of drug-likeness (QED) is 0.264. The number of nitriles is 1. The van der Waals surface area contributed by atoms with E-state index in [1.165, 1.54) is 5.56 Å². The molecule has 5 heterocycles. The summed E-state index contributed by atoms with van der Waals surface area (Å²) in [6.07, 6.45) is 3.30. The average Bonchev–Trinajstić information content (AvgIpc) is 3.04. The number of H-pyrrole nitrogens is 1. The molecule has 0 bridgehead atoms. The number of nitrogens with one attached hydrogen (secondary N) is 1. The molecule has 0 amide bonds. The van der Waals surface area contributed by atoms with Gasteiger partial charge < -0.3 is 9.88 Å². The van der Waals surface area contributed by atoms with Gasteiger partial charge in [-0.3, -0.25) is 9.69 Å². The van der Waals surface area contributed by atoms with Gasteiger partial charge in [0.2, 0.25) is 5.82 Å². The normalized spacial score (nSPS) is 14.8. The maximum absolute atomic E-state index is 12.5. The highest BCUT2D eigenvalue weighted by atomic mass is 16.1. The van der Waals surface area contributed by atoms with Crippen LogP contribution >= 0.6 is 0 Å². The zero-order chi connectivity index (χ0) is 30.4. The Balaban J connectivity index is 0.000000885. The van der Waals surface area contributed by atoms with E-state index in [0.717, 1.165) is 60.9 Å². The van der Waals surface area contributed by atoms with E-state index in [1.54, 1.807) is 12.4 Å². The summed E-state index contributed by atoms with van der Waals surface area (Å²) >= 11 is 0. The van der Waals surface area contributed by atoms with Gasteiger partial charge in [-0.15, -0.1) is 0 Å². The number of aromatic amines is 1. The smallest absolute Gasteiger partial charge is 0.257 e. The topological polar surface area (TPSA) is 102 Å². The third-order valence-electron chi connectivity index (χ3n) is 7.71. The molecule has 7 rings (SSSR count). The van der Waals surface area contributed by atoms with Crippen molar-refractivity contribution in [3.63, 3.8) is 0 Å². The lowest BCUT2D eigenvalue weighted by molar-refractivity contribution is -0.0276. The third-order valence-corrected chi connectivity index (χ3v) is 7.71. The Labute approximate surface area is 252 Å². The van der Waals surface area contributed by atoms with Gasteiger partial charge in [-0.25, -0.2) is 15.0 Å². The number of benzene rings is 2. The Bertz CT molecular complexity index is 1780. The van der Waals surface area contributed by atoms with Gasteiger partial charge in [0.05, 0.1) is 16.6 Å². The largest absolute Gasteiger partial charge is 0.355 e. The second kappa shape index (κ2) is 13.0. The van der Waals surface area contributed by atoms with Gasteiger partial charge >= 0.3 is 0 Å². The van der Waals surface area contributed by atoms with Crippen molar-refractivity contribution in [3.05, 3.63) is 107 Å².